The molecule has 0 aliphatic carbocycles. The van der Waals surface area contributed by atoms with Crippen LogP contribution in [0.15, 0.2) is 46.9 Å². The first kappa shape index (κ1) is 17.2. The maximum absolute atomic E-state index is 11.9. The second-order valence-electron chi connectivity index (χ2n) is 5.41. The lowest BCUT2D eigenvalue weighted by atomic mass is 10.1. The van der Waals surface area contributed by atoms with Crippen LogP contribution in [0, 0.1) is 13.8 Å². The van der Waals surface area contributed by atoms with Gasteiger partial charge in [0.2, 0.25) is 11.8 Å². The van der Waals surface area contributed by atoms with Crippen LogP contribution in [0.5, 0.6) is 0 Å². The summed E-state index contributed by atoms with van der Waals surface area (Å²) in [5, 5.41) is 5.44. The Morgan fingerprint density at radius 3 is 2.48 bits per heavy atom. The summed E-state index contributed by atoms with van der Waals surface area (Å²) in [6.07, 6.45) is 0.234. The number of benzene rings is 2. The molecule has 0 fully saturated rings. The van der Waals surface area contributed by atoms with Crippen LogP contribution in [-0.2, 0) is 16.0 Å². The van der Waals surface area contributed by atoms with E-state index < -0.39 is 0 Å². The third-order valence-electron chi connectivity index (χ3n) is 3.41. The van der Waals surface area contributed by atoms with Crippen molar-refractivity contribution in [3.8, 4) is 0 Å². The molecule has 120 valence electrons. The average Bonchev–Trinajstić information content (AvgIpc) is 2.50. The quantitative estimate of drug-likeness (QED) is 0.842. The van der Waals surface area contributed by atoms with E-state index in [9.17, 15) is 9.59 Å². The predicted molar refractivity (Wildman–Crippen MR) is 95.4 cm³/mol. The Labute approximate surface area is 144 Å². The molecule has 2 rings (SSSR count). The van der Waals surface area contributed by atoms with E-state index in [0.29, 0.717) is 0 Å². The maximum Gasteiger partial charge on any atom is 0.243 e. The second-order valence-corrected chi connectivity index (χ2v) is 6.27. The number of amides is 2. The summed E-state index contributed by atoms with van der Waals surface area (Å²) in [4.78, 5) is 23.9. The van der Waals surface area contributed by atoms with E-state index in [1.165, 1.54) is 0 Å². The minimum Gasteiger partial charge on any atom is -0.347 e. The van der Waals surface area contributed by atoms with Crippen molar-refractivity contribution in [2.45, 2.75) is 20.3 Å². The average molecular weight is 375 g/mol. The highest BCUT2D eigenvalue weighted by Gasteiger charge is 2.09. The van der Waals surface area contributed by atoms with Gasteiger partial charge in [-0.15, -0.1) is 0 Å². The molecule has 2 N–H and O–H groups in total. The van der Waals surface area contributed by atoms with Gasteiger partial charge in [0.25, 0.3) is 0 Å². The van der Waals surface area contributed by atoms with Crippen molar-refractivity contribution in [3.63, 3.8) is 0 Å². The third-order valence-corrected chi connectivity index (χ3v) is 4.18. The van der Waals surface area contributed by atoms with Gasteiger partial charge in [-0.05, 0) is 37.1 Å². The van der Waals surface area contributed by atoms with E-state index in [4.69, 9.17) is 0 Å². The summed E-state index contributed by atoms with van der Waals surface area (Å²) >= 11 is 3.40. The maximum atomic E-state index is 11.9. The first-order valence-electron chi connectivity index (χ1n) is 7.33. The minimum atomic E-state index is -0.238. The highest BCUT2D eigenvalue weighted by Crippen LogP contribution is 2.17. The van der Waals surface area contributed by atoms with Gasteiger partial charge < -0.3 is 10.6 Å². The molecular formula is C18H19BrN2O2. The van der Waals surface area contributed by atoms with Crippen LogP contribution >= 0.6 is 15.9 Å². The number of rotatable bonds is 5. The van der Waals surface area contributed by atoms with Crippen LogP contribution in [0.1, 0.15) is 16.7 Å². The molecule has 0 bridgehead atoms. The lowest BCUT2D eigenvalue weighted by Crippen LogP contribution is -2.34. The van der Waals surface area contributed by atoms with Gasteiger partial charge >= 0.3 is 0 Å². The number of hydrogen-bond donors (Lipinski definition) is 2. The van der Waals surface area contributed by atoms with Gasteiger partial charge in [-0.25, -0.2) is 0 Å². The fourth-order valence-electron chi connectivity index (χ4n) is 2.20. The topological polar surface area (TPSA) is 58.2 Å². The Morgan fingerprint density at radius 2 is 1.78 bits per heavy atom. The number of nitrogens with one attached hydrogen (secondary N) is 2. The Balaban J connectivity index is 1.84. The number of anilines is 1. The molecule has 5 heteroatoms. The van der Waals surface area contributed by atoms with Crippen LogP contribution in [0.25, 0.3) is 0 Å². The Kier molecular flexibility index (Phi) is 5.93. The van der Waals surface area contributed by atoms with Gasteiger partial charge in [-0.3, -0.25) is 9.59 Å². The van der Waals surface area contributed by atoms with Gasteiger partial charge in [0, 0.05) is 10.2 Å². The molecule has 0 aliphatic heterocycles. The second kappa shape index (κ2) is 7.92. The van der Waals surface area contributed by atoms with Crippen LogP contribution in [0.2, 0.25) is 0 Å². The number of carbonyl (C=O) groups is 2. The van der Waals surface area contributed by atoms with Crippen molar-refractivity contribution in [3.05, 3.63) is 63.6 Å². The first-order chi connectivity index (χ1) is 11.0. The van der Waals surface area contributed by atoms with Crippen molar-refractivity contribution < 1.29 is 9.59 Å². The Bertz CT molecular complexity index is 729. The first-order valence-corrected chi connectivity index (χ1v) is 8.12. The number of carbonyl (C=O) groups excluding carboxylic acids is 2. The van der Waals surface area contributed by atoms with Crippen molar-refractivity contribution in [2.75, 3.05) is 11.9 Å². The molecule has 23 heavy (non-hydrogen) atoms. The van der Waals surface area contributed by atoms with E-state index >= 15 is 0 Å². The zero-order valence-corrected chi connectivity index (χ0v) is 14.7. The van der Waals surface area contributed by atoms with Crippen molar-refractivity contribution in [2.24, 2.45) is 0 Å². The Hall–Kier alpha value is -2.14. The van der Waals surface area contributed by atoms with Gasteiger partial charge in [-0.2, -0.15) is 0 Å². The molecule has 0 unspecified atom stereocenters. The molecule has 0 aliphatic rings. The number of aryl methyl sites for hydroxylation is 2. The molecule has 0 saturated heterocycles. The van der Waals surface area contributed by atoms with Gasteiger partial charge in [-0.1, -0.05) is 51.8 Å². The zero-order chi connectivity index (χ0) is 16.8. The SMILES string of the molecule is Cc1ccc(NC(=O)CNC(=O)Cc2ccccc2Br)c(C)c1. The number of hydrogen-bond acceptors (Lipinski definition) is 2. The minimum absolute atomic E-state index is 0.0450. The highest BCUT2D eigenvalue weighted by molar-refractivity contribution is 9.10. The summed E-state index contributed by atoms with van der Waals surface area (Å²) in [6.45, 7) is 3.89. The molecule has 0 aromatic heterocycles. The van der Waals surface area contributed by atoms with E-state index in [-0.39, 0.29) is 24.8 Å². The molecule has 0 heterocycles. The molecule has 4 nitrogen and oxygen atoms in total. The summed E-state index contributed by atoms with van der Waals surface area (Å²) < 4.78 is 0.884. The van der Waals surface area contributed by atoms with Crippen molar-refractivity contribution in [1.29, 1.82) is 0 Å². The summed E-state index contributed by atoms with van der Waals surface area (Å²) in [7, 11) is 0. The molecule has 2 aromatic carbocycles. The molecule has 0 atom stereocenters. The fourth-order valence-corrected chi connectivity index (χ4v) is 2.63. The van der Waals surface area contributed by atoms with Gasteiger partial charge in [0.1, 0.15) is 0 Å². The standard InChI is InChI=1S/C18H19BrN2O2/c1-12-7-8-16(13(2)9-12)21-18(23)11-20-17(22)10-14-5-3-4-6-15(14)19/h3-9H,10-11H2,1-2H3,(H,20,22)(H,21,23). The predicted octanol–water partition coefficient (Wildman–Crippen LogP) is 3.36. The van der Waals surface area contributed by atoms with E-state index in [2.05, 4.69) is 26.6 Å². The fraction of sp³-hybridized carbons (Fsp3) is 0.222. The lowest BCUT2D eigenvalue weighted by Gasteiger charge is -2.10. The van der Waals surface area contributed by atoms with Crippen molar-refractivity contribution >= 4 is 33.4 Å². The summed E-state index contributed by atoms with van der Waals surface area (Å²) in [5.74, 6) is -0.426. The van der Waals surface area contributed by atoms with E-state index in [1.54, 1.807) is 0 Å². The molecular weight excluding hydrogens is 356 g/mol. The zero-order valence-electron chi connectivity index (χ0n) is 13.2. The van der Waals surface area contributed by atoms with Crippen LogP contribution in [0.3, 0.4) is 0 Å². The largest absolute Gasteiger partial charge is 0.347 e. The lowest BCUT2D eigenvalue weighted by molar-refractivity contribution is -0.123. The van der Waals surface area contributed by atoms with Crippen LogP contribution in [-0.4, -0.2) is 18.4 Å². The summed E-state index contributed by atoms with van der Waals surface area (Å²) in [5.41, 5.74) is 3.79. The summed E-state index contributed by atoms with van der Waals surface area (Å²) in [6, 6.07) is 13.3. The smallest absolute Gasteiger partial charge is 0.243 e. The normalized spacial score (nSPS) is 10.2. The monoisotopic (exact) mass is 374 g/mol. The molecule has 0 saturated carbocycles. The molecule has 2 amide bonds. The van der Waals surface area contributed by atoms with Crippen LogP contribution in [0.4, 0.5) is 5.69 Å². The van der Waals surface area contributed by atoms with E-state index in [0.717, 1.165) is 26.9 Å². The molecule has 0 radical (unpaired) electrons. The third kappa shape index (κ3) is 5.21. The van der Waals surface area contributed by atoms with E-state index in [1.807, 2.05) is 56.3 Å². The highest BCUT2D eigenvalue weighted by atomic mass is 79.9. The number of halogens is 1. The van der Waals surface area contributed by atoms with Gasteiger partial charge in [0.05, 0.1) is 13.0 Å². The molecule has 0 spiro atoms. The van der Waals surface area contributed by atoms with Crippen molar-refractivity contribution in [1.82, 2.24) is 5.32 Å². The van der Waals surface area contributed by atoms with Crippen LogP contribution < -0.4 is 10.6 Å². The Morgan fingerprint density at radius 1 is 1.04 bits per heavy atom. The van der Waals surface area contributed by atoms with Gasteiger partial charge in [0.15, 0.2) is 0 Å². The molecule has 2 aromatic rings.